The highest BCUT2D eigenvalue weighted by atomic mass is 19.1. The van der Waals surface area contributed by atoms with Crippen LogP contribution >= 0.6 is 0 Å². The third-order valence-electron chi connectivity index (χ3n) is 2.68. The topological polar surface area (TPSA) is 60.2 Å². The molecular formula is C10H14FN3O. The van der Waals surface area contributed by atoms with E-state index in [-0.39, 0.29) is 11.9 Å². The van der Waals surface area contributed by atoms with Gasteiger partial charge in [0.15, 0.2) is 0 Å². The molecule has 1 aromatic rings. The molecule has 2 heterocycles. The number of nitrogens with zero attached hydrogens (tertiary/aromatic N) is 1. The molecular weight excluding hydrogens is 197 g/mol. The summed E-state index contributed by atoms with van der Waals surface area (Å²) in [5.41, 5.74) is 3.47. The first kappa shape index (κ1) is 10.5. The van der Waals surface area contributed by atoms with Gasteiger partial charge in [0.2, 0.25) is 0 Å². The summed E-state index contributed by atoms with van der Waals surface area (Å²) < 4.78 is 18.0. The number of rotatable bonds is 3. The number of hydrazine groups is 1. The first-order valence-electron chi connectivity index (χ1n) is 4.96. The minimum atomic E-state index is -0.336. The number of hydrogen-bond donors (Lipinski definition) is 2. The Labute approximate surface area is 87.6 Å². The molecule has 82 valence electrons. The molecule has 0 radical (unpaired) electrons. The quantitative estimate of drug-likeness (QED) is 0.572. The summed E-state index contributed by atoms with van der Waals surface area (Å²) in [7, 11) is 0. The molecule has 0 saturated carbocycles. The Bertz CT molecular complexity index is 311. The summed E-state index contributed by atoms with van der Waals surface area (Å²) in [4.78, 5) is 4.02. The SMILES string of the molecule is NNC(c1ccc(F)cn1)C1CCOC1. The van der Waals surface area contributed by atoms with E-state index in [0.29, 0.717) is 12.5 Å². The highest BCUT2D eigenvalue weighted by Gasteiger charge is 2.26. The summed E-state index contributed by atoms with van der Waals surface area (Å²) in [6.07, 6.45) is 2.16. The number of aromatic nitrogens is 1. The zero-order chi connectivity index (χ0) is 10.7. The Hall–Kier alpha value is -1.04. The molecule has 1 aliphatic rings. The molecule has 4 nitrogen and oxygen atoms in total. The Kier molecular flexibility index (Phi) is 3.25. The Morgan fingerprint density at radius 1 is 1.60 bits per heavy atom. The van der Waals surface area contributed by atoms with Crippen molar-refractivity contribution in [1.29, 1.82) is 0 Å². The van der Waals surface area contributed by atoms with E-state index in [2.05, 4.69) is 10.4 Å². The third-order valence-corrected chi connectivity index (χ3v) is 2.68. The van der Waals surface area contributed by atoms with Crippen molar-refractivity contribution in [1.82, 2.24) is 10.4 Å². The summed E-state index contributed by atoms with van der Waals surface area (Å²) in [6.45, 7) is 1.43. The maximum Gasteiger partial charge on any atom is 0.141 e. The van der Waals surface area contributed by atoms with Gasteiger partial charge >= 0.3 is 0 Å². The number of ether oxygens (including phenoxy) is 1. The Morgan fingerprint density at radius 2 is 2.47 bits per heavy atom. The predicted octanol–water partition coefficient (Wildman–Crippen LogP) is 0.762. The fourth-order valence-corrected chi connectivity index (χ4v) is 1.85. The van der Waals surface area contributed by atoms with E-state index in [1.807, 2.05) is 0 Å². The first-order chi connectivity index (χ1) is 7.31. The van der Waals surface area contributed by atoms with Gasteiger partial charge in [0.05, 0.1) is 24.5 Å². The lowest BCUT2D eigenvalue weighted by atomic mass is 9.96. The summed E-state index contributed by atoms with van der Waals surface area (Å²) >= 11 is 0. The van der Waals surface area contributed by atoms with Crippen molar-refractivity contribution in [3.8, 4) is 0 Å². The maximum atomic E-state index is 12.7. The van der Waals surface area contributed by atoms with E-state index in [1.54, 1.807) is 6.07 Å². The predicted molar refractivity (Wildman–Crippen MR) is 53.2 cm³/mol. The average Bonchev–Trinajstić information content (AvgIpc) is 2.75. The van der Waals surface area contributed by atoms with Crippen LogP contribution in [0.25, 0.3) is 0 Å². The molecule has 15 heavy (non-hydrogen) atoms. The van der Waals surface area contributed by atoms with Crippen LogP contribution in [-0.4, -0.2) is 18.2 Å². The van der Waals surface area contributed by atoms with Crippen LogP contribution in [-0.2, 0) is 4.74 Å². The molecule has 0 aromatic carbocycles. The van der Waals surface area contributed by atoms with E-state index in [9.17, 15) is 4.39 Å². The van der Waals surface area contributed by atoms with Gasteiger partial charge in [0, 0.05) is 12.5 Å². The molecule has 5 heteroatoms. The number of pyridine rings is 1. The molecule has 1 saturated heterocycles. The molecule has 2 unspecified atom stereocenters. The molecule has 0 amide bonds. The van der Waals surface area contributed by atoms with Crippen LogP contribution in [0.1, 0.15) is 18.2 Å². The van der Waals surface area contributed by atoms with Crippen molar-refractivity contribution in [2.75, 3.05) is 13.2 Å². The average molecular weight is 211 g/mol. The highest BCUT2D eigenvalue weighted by molar-refractivity contribution is 5.11. The van der Waals surface area contributed by atoms with Crippen LogP contribution in [0.15, 0.2) is 18.3 Å². The molecule has 0 spiro atoms. The molecule has 1 aromatic heterocycles. The minimum Gasteiger partial charge on any atom is -0.381 e. The lowest BCUT2D eigenvalue weighted by Crippen LogP contribution is -2.34. The van der Waals surface area contributed by atoms with Crippen LogP contribution in [0.4, 0.5) is 4.39 Å². The monoisotopic (exact) mass is 211 g/mol. The van der Waals surface area contributed by atoms with Gasteiger partial charge in [0.25, 0.3) is 0 Å². The maximum absolute atomic E-state index is 12.7. The number of nitrogens with two attached hydrogens (primary N) is 1. The van der Waals surface area contributed by atoms with Crippen molar-refractivity contribution in [3.05, 3.63) is 29.8 Å². The van der Waals surface area contributed by atoms with Gasteiger partial charge < -0.3 is 4.74 Å². The van der Waals surface area contributed by atoms with E-state index in [4.69, 9.17) is 10.6 Å². The normalized spacial score (nSPS) is 22.9. The van der Waals surface area contributed by atoms with Gasteiger partial charge in [-0.2, -0.15) is 0 Å². The van der Waals surface area contributed by atoms with Gasteiger partial charge in [-0.15, -0.1) is 0 Å². The first-order valence-corrected chi connectivity index (χ1v) is 4.96. The standard InChI is InChI=1S/C10H14FN3O/c11-8-1-2-9(13-5-8)10(14-12)7-3-4-15-6-7/h1-2,5,7,10,14H,3-4,6,12H2. The van der Waals surface area contributed by atoms with Crippen LogP contribution in [0.3, 0.4) is 0 Å². The van der Waals surface area contributed by atoms with Crippen molar-refractivity contribution < 1.29 is 9.13 Å². The molecule has 0 aliphatic carbocycles. The minimum absolute atomic E-state index is 0.0619. The second kappa shape index (κ2) is 4.65. The van der Waals surface area contributed by atoms with Gasteiger partial charge in [0.1, 0.15) is 5.82 Å². The van der Waals surface area contributed by atoms with E-state index >= 15 is 0 Å². The molecule has 2 atom stereocenters. The zero-order valence-electron chi connectivity index (χ0n) is 8.32. The molecule has 0 bridgehead atoms. The summed E-state index contributed by atoms with van der Waals surface area (Å²) in [6, 6.07) is 2.98. The van der Waals surface area contributed by atoms with Crippen molar-refractivity contribution >= 4 is 0 Å². The second-order valence-electron chi connectivity index (χ2n) is 3.67. The highest BCUT2D eigenvalue weighted by Crippen LogP contribution is 2.26. The van der Waals surface area contributed by atoms with E-state index in [0.717, 1.165) is 18.7 Å². The number of halogens is 1. The van der Waals surface area contributed by atoms with Crippen LogP contribution in [0, 0.1) is 11.7 Å². The van der Waals surface area contributed by atoms with Gasteiger partial charge in [-0.05, 0) is 18.6 Å². The summed E-state index contributed by atoms with van der Waals surface area (Å²) in [5.74, 6) is 5.46. The number of hydrogen-bond acceptors (Lipinski definition) is 4. The van der Waals surface area contributed by atoms with E-state index in [1.165, 1.54) is 12.3 Å². The molecule has 1 fully saturated rings. The summed E-state index contributed by atoms with van der Waals surface area (Å²) in [5, 5.41) is 0. The largest absolute Gasteiger partial charge is 0.381 e. The number of nitrogens with one attached hydrogen (secondary N) is 1. The fraction of sp³-hybridized carbons (Fsp3) is 0.500. The Morgan fingerprint density at radius 3 is 3.00 bits per heavy atom. The Balaban J connectivity index is 2.14. The third kappa shape index (κ3) is 2.31. The van der Waals surface area contributed by atoms with Gasteiger partial charge in [-0.3, -0.25) is 16.3 Å². The molecule has 2 rings (SSSR count). The lowest BCUT2D eigenvalue weighted by molar-refractivity contribution is 0.176. The van der Waals surface area contributed by atoms with Gasteiger partial charge in [-0.25, -0.2) is 4.39 Å². The lowest BCUT2D eigenvalue weighted by Gasteiger charge is -2.20. The zero-order valence-corrected chi connectivity index (χ0v) is 8.32. The van der Waals surface area contributed by atoms with Crippen LogP contribution in [0.5, 0.6) is 0 Å². The van der Waals surface area contributed by atoms with Crippen molar-refractivity contribution in [3.63, 3.8) is 0 Å². The van der Waals surface area contributed by atoms with Crippen molar-refractivity contribution in [2.24, 2.45) is 11.8 Å². The van der Waals surface area contributed by atoms with Crippen LogP contribution in [0.2, 0.25) is 0 Å². The smallest absolute Gasteiger partial charge is 0.141 e. The fourth-order valence-electron chi connectivity index (χ4n) is 1.85. The second-order valence-corrected chi connectivity index (χ2v) is 3.67. The van der Waals surface area contributed by atoms with E-state index < -0.39 is 0 Å². The van der Waals surface area contributed by atoms with Gasteiger partial charge in [-0.1, -0.05) is 0 Å². The molecule has 3 N–H and O–H groups in total. The van der Waals surface area contributed by atoms with Crippen molar-refractivity contribution in [2.45, 2.75) is 12.5 Å². The molecule has 1 aliphatic heterocycles. The van der Waals surface area contributed by atoms with Crippen LogP contribution < -0.4 is 11.3 Å².